The monoisotopic (exact) mass is 755 g/mol. The fourth-order valence-corrected chi connectivity index (χ4v) is 8.64. The summed E-state index contributed by atoms with van der Waals surface area (Å²) in [6, 6.07) is 69.7. The maximum absolute atomic E-state index is 6.62. The van der Waals surface area contributed by atoms with Crippen LogP contribution in [0.25, 0.3) is 111 Å². The maximum atomic E-state index is 6.62. The molecule has 12 aromatic rings. The Bertz CT molecular complexity index is 3480. The first-order valence-corrected chi connectivity index (χ1v) is 19.8. The Morgan fingerprint density at radius 3 is 1.66 bits per heavy atom. The van der Waals surface area contributed by atoms with E-state index in [0.29, 0.717) is 11.7 Å². The van der Waals surface area contributed by atoms with Crippen molar-refractivity contribution in [1.29, 1.82) is 0 Å². The van der Waals surface area contributed by atoms with Crippen LogP contribution in [0.1, 0.15) is 0 Å². The van der Waals surface area contributed by atoms with Crippen LogP contribution in [0.2, 0.25) is 0 Å². The van der Waals surface area contributed by atoms with Crippen LogP contribution in [0.5, 0.6) is 0 Å². The lowest BCUT2D eigenvalue weighted by atomic mass is 10.0. The number of hydrogen-bond acceptors (Lipinski definition) is 4. The summed E-state index contributed by atoms with van der Waals surface area (Å²) in [5.74, 6) is 2.12. The van der Waals surface area contributed by atoms with E-state index < -0.39 is 0 Å². The smallest absolute Gasteiger partial charge is 0.227 e. The molecule has 4 heterocycles. The van der Waals surface area contributed by atoms with Gasteiger partial charge in [-0.2, -0.15) is 0 Å². The van der Waals surface area contributed by atoms with E-state index in [1.807, 2.05) is 54.6 Å². The molecule has 0 spiro atoms. The lowest BCUT2D eigenvalue weighted by Crippen LogP contribution is -2.02. The van der Waals surface area contributed by atoms with Crippen molar-refractivity contribution in [1.82, 2.24) is 24.1 Å². The Labute approximate surface area is 338 Å². The fourth-order valence-electron chi connectivity index (χ4n) is 8.64. The topological polar surface area (TPSA) is 61.7 Å². The second-order valence-electron chi connectivity index (χ2n) is 14.8. The third-order valence-electron chi connectivity index (χ3n) is 11.4. The Hall–Kier alpha value is -8.09. The molecule has 6 nitrogen and oxygen atoms in total. The van der Waals surface area contributed by atoms with Crippen LogP contribution in [-0.2, 0) is 0 Å². The number of hydrogen-bond donors (Lipinski definition) is 0. The normalized spacial score (nSPS) is 11.7. The first-order chi connectivity index (χ1) is 29.2. The van der Waals surface area contributed by atoms with Crippen molar-refractivity contribution in [2.24, 2.45) is 0 Å². The zero-order valence-electron chi connectivity index (χ0n) is 31.7. The minimum Gasteiger partial charge on any atom is -0.434 e. The van der Waals surface area contributed by atoms with E-state index in [9.17, 15) is 0 Å². The van der Waals surface area contributed by atoms with Crippen molar-refractivity contribution in [3.8, 4) is 56.7 Å². The minimum absolute atomic E-state index is 0.612. The number of oxazole rings is 1. The molecule has 0 bridgehead atoms. The van der Waals surface area contributed by atoms with Gasteiger partial charge >= 0.3 is 0 Å². The van der Waals surface area contributed by atoms with Crippen LogP contribution in [0, 0.1) is 0 Å². The van der Waals surface area contributed by atoms with Crippen LogP contribution in [0.4, 0.5) is 0 Å². The molecule has 0 radical (unpaired) electrons. The molecule has 0 aliphatic heterocycles. The molecule has 0 atom stereocenters. The van der Waals surface area contributed by atoms with E-state index in [4.69, 9.17) is 19.4 Å². The Morgan fingerprint density at radius 2 is 0.949 bits per heavy atom. The van der Waals surface area contributed by atoms with Crippen LogP contribution in [0.3, 0.4) is 0 Å². The molecule has 0 saturated carbocycles. The summed E-state index contributed by atoms with van der Waals surface area (Å²) >= 11 is 0. The van der Waals surface area contributed by atoms with Crippen LogP contribution in [-0.4, -0.2) is 24.1 Å². The maximum Gasteiger partial charge on any atom is 0.227 e. The second-order valence-corrected chi connectivity index (χ2v) is 14.8. The lowest BCUT2D eigenvalue weighted by Gasteiger charge is -2.12. The first-order valence-electron chi connectivity index (χ1n) is 19.8. The third kappa shape index (κ3) is 5.38. The van der Waals surface area contributed by atoms with E-state index >= 15 is 0 Å². The van der Waals surface area contributed by atoms with Gasteiger partial charge in [-0.1, -0.05) is 127 Å². The number of benzene rings is 8. The standard InChI is InChI=1S/C53H33N5O/c1-5-15-34(16-6-1)45-33-49(56-52(54-45)35-17-7-2-8-18-35)58-46-24-14-13-23-40(46)42-31-37(26-30-48(42)58)38-25-29-47-43(32-38)41-27-28-44-51(50(41)57(47)39-21-11-4-12-22-39)59-53(55-44)36-19-9-3-10-20-36/h1-33H. The van der Waals surface area contributed by atoms with Crippen molar-refractivity contribution in [2.45, 2.75) is 0 Å². The van der Waals surface area contributed by atoms with E-state index in [1.165, 1.54) is 0 Å². The third-order valence-corrected chi connectivity index (χ3v) is 11.4. The number of rotatable bonds is 6. The number of fused-ring (bicyclic) bond motifs is 8. The molecule has 0 aliphatic rings. The highest BCUT2D eigenvalue weighted by Gasteiger charge is 2.21. The molecule has 4 aromatic heterocycles. The summed E-state index contributed by atoms with van der Waals surface area (Å²) < 4.78 is 11.2. The molecular weight excluding hydrogens is 723 g/mol. The highest BCUT2D eigenvalue weighted by Crippen LogP contribution is 2.41. The molecule has 0 fully saturated rings. The van der Waals surface area contributed by atoms with Crippen molar-refractivity contribution in [2.75, 3.05) is 0 Å². The highest BCUT2D eigenvalue weighted by atomic mass is 16.3. The van der Waals surface area contributed by atoms with Crippen molar-refractivity contribution in [3.63, 3.8) is 0 Å². The molecular formula is C53H33N5O. The van der Waals surface area contributed by atoms with Gasteiger partial charge < -0.3 is 8.98 Å². The summed E-state index contributed by atoms with van der Waals surface area (Å²) in [5, 5.41) is 4.57. The van der Waals surface area contributed by atoms with Crippen molar-refractivity contribution in [3.05, 3.63) is 200 Å². The highest BCUT2D eigenvalue weighted by molar-refractivity contribution is 6.18. The van der Waals surface area contributed by atoms with E-state index in [0.717, 1.165) is 99.7 Å². The fraction of sp³-hybridized carbons (Fsp3) is 0. The van der Waals surface area contributed by atoms with Gasteiger partial charge in [0.05, 0.1) is 27.8 Å². The lowest BCUT2D eigenvalue weighted by molar-refractivity contribution is 0.622. The molecule has 8 aromatic carbocycles. The molecule has 12 rings (SSSR count). The molecule has 0 saturated heterocycles. The molecule has 59 heavy (non-hydrogen) atoms. The Morgan fingerprint density at radius 1 is 0.373 bits per heavy atom. The molecule has 6 heteroatoms. The molecule has 276 valence electrons. The van der Waals surface area contributed by atoms with Gasteiger partial charge in [0.1, 0.15) is 11.3 Å². The summed E-state index contributed by atoms with van der Waals surface area (Å²) in [5.41, 5.74) is 13.0. The predicted octanol–water partition coefficient (Wildman–Crippen LogP) is 13.5. The molecule has 0 unspecified atom stereocenters. The van der Waals surface area contributed by atoms with E-state index in [-0.39, 0.29) is 0 Å². The van der Waals surface area contributed by atoms with Gasteiger partial charge in [-0.05, 0) is 77.9 Å². The minimum atomic E-state index is 0.612. The van der Waals surface area contributed by atoms with Gasteiger partial charge in [-0.25, -0.2) is 15.0 Å². The number of nitrogens with zero attached hydrogens (tertiary/aromatic N) is 5. The summed E-state index contributed by atoms with van der Waals surface area (Å²) in [6.45, 7) is 0. The van der Waals surface area contributed by atoms with Gasteiger partial charge in [-0.3, -0.25) is 4.57 Å². The average molecular weight is 756 g/mol. The Kier molecular flexibility index (Phi) is 7.43. The largest absolute Gasteiger partial charge is 0.434 e. The van der Waals surface area contributed by atoms with Crippen LogP contribution >= 0.6 is 0 Å². The van der Waals surface area contributed by atoms with Gasteiger partial charge in [-0.15, -0.1) is 0 Å². The number of aromatic nitrogens is 5. The number of para-hydroxylation sites is 2. The zero-order chi connectivity index (χ0) is 38.9. The van der Waals surface area contributed by atoms with Crippen LogP contribution < -0.4 is 0 Å². The van der Waals surface area contributed by atoms with Crippen LogP contribution in [0.15, 0.2) is 205 Å². The summed E-state index contributed by atoms with van der Waals surface area (Å²) in [7, 11) is 0. The van der Waals surface area contributed by atoms with E-state index in [2.05, 4.69) is 155 Å². The summed E-state index contributed by atoms with van der Waals surface area (Å²) in [6.07, 6.45) is 0. The molecule has 0 N–H and O–H groups in total. The SMILES string of the molecule is c1ccc(-c2cc(-n3c4ccccc4c4cc(-c5ccc6c(c5)c5ccc7nc(-c8ccccc8)oc7c5n6-c5ccccc5)ccc43)nc(-c3ccccc3)n2)cc1. The van der Waals surface area contributed by atoms with Gasteiger partial charge in [0.15, 0.2) is 11.4 Å². The van der Waals surface area contributed by atoms with Crippen molar-refractivity contribution < 1.29 is 4.42 Å². The van der Waals surface area contributed by atoms with Gasteiger partial charge in [0.2, 0.25) is 5.89 Å². The molecule has 0 aliphatic carbocycles. The van der Waals surface area contributed by atoms with Crippen molar-refractivity contribution >= 4 is 54.7 Å². The predicted molar refractivity (Wildman–Crippen MR) is 240 cm³/mol. The quantitative estimate of drug-likeness (QED) is 0.170. The zero-order valence-corrected chi connectivity index (χ0v) is 31.7. The summed E-state index contributed by atoms with van der Waals surface area (Å²) in [4.78, 5) is 15.2. The second kappa shape index (κ2) is 13.3. The molecule has 0 amide bonds. The first kappa shape index (κ1) is 33.1. The average Bonchev–Trinajstić information content (AvgIpc) is 4.00. The van der Waals surface area contributed by atoms with E-state index in [1.54, 1.807) is 0 Å². The van der Waals surface area contributed by atoms with Gasteiger partial charge in [0.25, 0.3) is 0 Å². The Balaban J connectivity index is 1.05. The van der Waals surface area contributed by atoms with Gasteiger partial charge in [0, 0.05) is 50.0 Å².